The van der Waals surface area contributed by atoms with Crippen LogP contribution >= 0.6 is 11.3 Å². The van der Waals surface area contributed by atoms with Gasteiger partial charge in [-0.2, -0.15) is 0 Å². The van der Waals surface area contributed by atoms with E-state index in [1.165, 1.54) is 11.3 Å². The molecule has 3 heterocycles. The Bertz CT molecular complexity index is 790. The van der Waals surface area contributed by atoms with Crippen molar-refractivity contribution in [2.45, 2.75) is 33.2 Å². The van der Waals surface area contributed by atoms with Crippen molar-refractivity contribution in [2.75, 3.05) is 18.4 Å². The van der Waals surface area contributed by atoms with Gasteiger partial charge in [-0.3, -0.25) is 14.9 Å². The third kappa shape index (κ3) is 3.73. The van der Waals surface area contributed by atoms with E-state index in [9.17, 15) is 9.59 Å². The lowest BCUT2D eigenvalue weighted by Gasteiger charge is -2.23. The Balaban J connectivity index is 1.82. The second-order valence-electron chi connectivity index (χ2n) is 6.29. The van der Waals surface area contributed by atoms with E-state index < -0.39 is 0 Å². The molecule has 0 bridgehead atoms. The summed E-state index contributed by atoms with van der Waals surface area (Å²) >= 11 is 1.36. The zero-order valence-corrected chi connectivity index (χ0v) is 14.8. The van der Waals surface area contributed by atoms with E-state index in [2.05, 4.69) is 15.6 Å². The van der Waals surface area contributed by atoms with Crippen LogP contribution in [0.4, 0.5) is 5.13 Å². The highest BCUT2D eigenvalue weighted by atomic mass is 32.1. The minimum atomic E-state index is -0.386. The standard InChI is InChI=1S/C17H22N4O2S/c1-11-5-7-21(9-13-4-3-6-18-8-13)16(23)14(11)15(22)20-17-19-12(2)10-24-17/h5,7,10,13,18H,3-4,6,8-9H2,1-2H3,(H,19,20,22). The van der Waals surface area contributed by atoms with Gasteiger partial charge >= 0.3 is 0 Å². The predicted molar refractivity (Wildman–Crippen MR) is 95.8 cm³/mol. The van der Waals surface area contributed by atoms with Crippen LogP contribution in [0.3, 0.4) is 0 Å². The molecule has 0 aromatic carbocycles. The van der Waals surface area contributed by atoms with E-state index in [1.807, 2.05) is 18.4 Å². The van der Waals surface area contributed by atoms with E-state index in [0.717, 1.165) is 31.6 Å². The van der Waals surface area contributed by atoms with Crippen molar-refractivity contribution in [1.82, 2.24) is 14.9 Å². The summed E-state index contributed by atoms with van der Waals surface area (Å²) < 4.78 is 1.66. The maximum atomic E-state index is 12.8. The number of piperidine rings is 1. The molecule has 0 spiro atoms. The molecule has 1 amide bonds. The molecule has 0 radical (unpaired) electrons. The summed E-state index contributed by atoms with van der Waals surface area (Å²) in [5.74, 6) is 0.0413. The van der Waals surface area contributed by atoms with Crippen LogP contribution in [0.25, 0.3) is 0 Å². The summed E-state index contributed by atoms with van der Waals surface area (Å²) in [5, 5.41) is 8.47. The molecule has 24 heavy (non-hydrogen) atoms. The first-order valence-corrected chi connectivity index (χ1v) is 9.07. The van der Waals surface area contributed by atoms with E-state index in [-0.39, 0.29) is 17.0 Å². The summed E-state index contributed by atoms with van der Waals surface area (Å²) in [5.41, 5.74) is 1.51. The van der Waals surface area contributed by atoms with Gasteiger partial charge in [0.15, 0.2) is 5.13 Å². The molecule has 0 aliphatic carbocycles. The third-order valence-corrected chi connectivity index (χ3v) is 5.17. The van der Waals surface area contributed by atoms with Crippen LogP contribution in [0.5, 0.6) is 0 Å². The summed E-state index contributed by atoms with van der Waals surface area (Å²) in [7, 11) is 0. The maximum absolute atomic E-state index is 12.8. The fraction of sp³-hybridized carbons (Fsp3) is 0.471. The minimum absolute atomic E-state index is 0.203. The first kappa shape index (κ1) is 16.9. The molecule has 6 nitrogen and oxygen atoms in total. The lowest BCUT2D eigenvalue weighted by molar-refractivity contribution is 0.102. The predicted octanol–water partition coefficient (Wildman–Crippen LogP) is 2.17. The molecule has 3 rings (SSSR count). The first-order chi connectivity index (χ1) is 11.5. The van der Waals surface area contributed by atoms with Gasteiger partial charge in [0.2, 0.25) is 0 Å². The van der Waals surface area contributed by atoms with Gasteiger partial charge in [-0.05, 0) is 57.3 Å². The van der Waals surface area contributed by atoms with Gasteiger partial charge in [-0.1, -0.05) is 0 Å². The molecule has 1 aliphatic heterocycles. The molecule has 128 valence electrons. The van der Waals surface area contributed by atoms with Crippen LogP contribution in [-0.4, -0.2) is 28.5 Å². The van der Waals surface area contributed by atoms with E-state index in [1.54, 1.807) is 17.7 Å². The van der Waals surface area contributed by atoms with Gasteiger partial charge in [0.05, 0.1) is 5.69 Å². The number of carbonyl (C=O) groups is 1. The lowest BCUT2D eigenvalue weighted by Crippen LogP contribution is -2.36. The maximum Gasteiger partial charge on any atom is 0.263 e. The van der Waals surface area contributed by atoms with Crippen LogP contribution in [-0.2, 0) is 6.54 Å². The quantitative estimate of drug-likeness (QED) is 0.890. The largest absolute Gasteiger partial charge is 0.316 e. The Labute approximate surface area is 144 Å². The molecule has 2 aromatic rings. The minimum Gasteiger partial charge on any atom is -0.316 e. The smallest absolute Gasteiger partial charge is 0.263 e. The molecule has 1 aliphatic rings. The summed E-state index contributed by atoms with van der Waals surface area (Å²) in [6, 6.07) is 1.83. The summed E-state index contributed by atoms with van der Waals surface area (Å²) in [6.45, 7) is 6.25. The molecule has 7 heteroatoms. The number of hydrogen-bond donors (Lipinski definition) is 2. The molecule has 2 aromatic heterocycles. The fourth-order valence-electron chi connectivity index (χ4n) is 3.01. The topological polar surface area (TPSA) is 76.0 Å². The Morgan fingerprint density at radius 3 is 3.00 bits per heavy atom. The zero-order chi connectivity index (χ0) is 17.1. The lowest BCUT2D eigenvalue weighted by atomic mass is 9.99. The fourth-order valence-corrected chi connectivity index (χ4v) is 3.70. The second kappa shape index (κ2) is 7.27. The molecule has 0 saturated carbocycles. The van der Waals surface area contributed by atoms with Gasteiger partial charge in [-0.25, -0.2) is 4.98 Å². The average molecular weight is 346 g/mol. The number of nitrogens with one attached hydrogen (secondary N) is 2. The first-order valence-electron chi connectivity index (χ1n) is 8.19. The zero-order valence-electron chi connectivity index (χ0n) is 14.0. The van der Waals surface area contributed by atoms with Crippen LogP contribution < -0.4 is 16.2 Å². The number of aryl methyl sites for hydroxylation is 2. The normalized spacial score (nSPS) is 17.7. The Morgan fingerprint density at radius 1 is 1.50 bits per heavy atom. The molecular formula is C17H22N4O2S. The number of thiazole rings is 1. The number of amides is 1. The number of anilines is 1. The van der Waals surface area contributed by atoms with Gasteiger partial charge in [0, 0.05) is 18.1 Å². The average Bonchev–Trinajstić information content (AvgIpc) is 2.96. The Morgan fingerprint density at radius 2 is 2.33 bits per heavy atom. The number of rotatable bonds is 4. The molecule has 1 atom stereocenters. The van der Waals surface area contributed by atoms with Crippen molar-refractivity contribution < 1.29 is 4.79 Å². The highest BCUT2D eigenvalue weighted by molar-refractivity contribution is 7.13. The SMILES string of the molecule is Cc1csc(NC(=O)c2c(C)ccn(CC3CCCNC3)c2=O)n1. The van der Waals surface area contributed by atoms with E-state index in [0.29, 0.717) is 23.2 Å². The Kier molecular flexibility index (Phi) is 5.11. The van der Waals surface area contributed by atoms with Crippen molar-refractivity contribution in [3.05, 3.63) is 44.8 Å². The van der Waals surface area contributed by atoms with Crippen molar-refractivity contribution >= 4 is 22.4 Å². The highest BCUT2D eigenvalue weighted by Crippen LogP contribution is 2.16. The van der Waals surface area contributed by atoms with Crippen LogP contribution in [0.15, 0.2) is 22.4 Å². The molecular weight excluding hydrogens is 324 g/mol. The van der Waals surface area contributed by atoms with Gasteiger partial charge in [-0.15, -0.1) is 11.3 Å². The van der Waals surface area contributed by atoms with Crippen LogP contribution in [0.1, 0.15) is 34.5 Å². The monoisotopic (exact) mass is 346 g/mol. The van der Waals surface area contributed by atoms with Crippen molar-refractivity contribution in [3.8, 4) is 0 Å². The number of pyridine rings is 1. The van der Waals surface area contributed by atoms with Crippen molar-refractivity contribution in [2.24, 2.45) is 5.92 Å². The number of carbonyl (C=O) groups excluding carboxylic acids is 1. The van der Waals surface area contributed by atoms with Crippen molar-refractivity contribution in [3.63, 3.8) is 0 Å². The van der Waals surface area contributed by atoms with E-state index >= 15 is 0 Å². The van der Waals surface area contributed by atoms with Gasteiger partial charge in [0.1, 0.15) is 5.56 Å². The summed E-state index contributed by atoms with van der Waals surface area (Å²) in [4.78, 5) is 29.5. The number of hydrogen-bond acceptors (Lipinski definition) is 5. The van der Waals surface area contributed by atoms with Crippen molar-refractivity contribution in [1.29, 1.82) is 0 Å². The van der Waals surface area contributed by atoms with Crippen LogP contribution in [0, 0.1) is 19.8 Å². The summed E-state index contributed by atoms with van der Waals surface area (Å²) in [6.07, 6.45) is 4.02. The highest BCUT2D eigenvalue weighted by Gasteiger charge is 2.19. The van der Waals surface area contributed by atoms with Gasteiger partial charge < -0.3 is 9.88 Å². The third-order valence-electron chi connectivity index (χ3n) is 4.29. The van der Waals surface area contributed by atoms with Gasteiger partial charge in [0.25, 0.3) is 11.5 Å². The molecule has 1 saturated heterocycles. The Hall–Kier alpha value is -1.99. The number of nitrogens with zero attached hydrogens (tertiary/aromatic N) is 2. The molecule has 1 unspecified atom stereocenters. The second-order valence-corrected chi connectivity index (χ2v) is 7.15. The number of aromatic nitrogens is 2. The van der Waals surface area contributed by atoms with Crippen LogP contribution in [0.2, 0.25) is 0 Å². The molecule has 1 fully saturated rings. The van der Waals surface area contributed by atoms with E-state index in [4.69, 9.17) is 0 Å². The molecule has 2 N–H and O–H groups in total.